The van der Waals surface area contributed by atoms with Crippen molar-refractivity contribution in [2.45, 2.75) is 38.5 Å². The number of likely N-dealkylation sites (tertiary alicyclic amines) is 1. The van der Waals surface area contributed by atoms with Crippen LogP contribution in [0.3, 0.4) is 0 Å². The number of nitrogens with one attached hydrogen (secondary N) is 1. The third-order valence-electron chi connectivity index (χ3n) is 5.30. The van der Waals surface area contributed by atoms with Gasteiger partial charge < -0.3 is 10.2 Å². The van der Waals surface area contributed by atoms with Crippen molar-refractivity contribution in [1.29, 1.82) is 0 Å². The van der Waals surface area contributed by atoms with Gasteiger partial charge in [0.1, 0.15) is 0 Å². The molecule has 2 aliphatic heterocycles. The Morgan fingerprint density at radius 1 is 1.04 bits per heavy atom. The van der Waals surface area contributed by atoms with Gasteiger partial charge in [0, 0.05) is 30.1 Å². The van der Waals surface area contributed by atoms with Crippen molar-refractivity contribution in [3.05, 3.63) is 28.8 Å². The second-order valence-electron chi connectivity index (χ2n) is 6.82. The minimum absolute atomic E-state index is 0. The van der Waals surface area contributed by atoms with E-state index in [-0.39, 0.29) is 30.0 Å². The fraction of sp³-hybridized carbons (Fsp3) is 0.556. The quantitative estimate of drug-likeness (QED) is 0.904. The van der Waals surface area contributed by atoms with Crippen molar-refractivity contribution in [2.24, 2.45) is 5.92 Å². The average molecular weight is 335 g/mol. The van der Waals surface area contributed by atoms with Crippen molar-refractivity contribution < 1.29 is 9.59 Å². The lowest BCUT2D eigenvalue weighted by Gasteiger charge is -2.29. The van der Waals surface area contributed by atoms with Crippen LogP contribution in [0.2, 0.25) is 0 Å². The van der Waals surface area contributed by atoms with Gasteiger partial charge in [-0.15, -0.1) is 12.4 Å². The molecule has 1 unspecified atom stereocenters. The molecule has 1 saturated heterocycles. The number of carbonyl (C=O) groups excluding carboxylic acids is 2. The number of carbonyl (C=O) groups is 2. The summed E-state index contributed by atoms with van der Waals surface area (Å²) in [6, 6.07) is 4.08. The van der Waals surface area contributed by atoms with Crippen LogP contribution in [0.5, 0.6) is 0 Å². The molecule has 124 valence electrons. The van der Waals surface area contributed by atoms with E-state index in [1.165, 1.54) is 24.0 Å². The van der Waals surface area contributed by atoms with E-state index in [0.717, 1.165) is 50.1 Å². The lowest BCUT2D eigenvalue weighted by molar-refractivity contribution is -0.116. The van der Waals surface area contributed by atoms with E-state index in [2.05, 4.69) is 16.3 Å². The third kappa shape index (κ3) is 3.15. The maximum atomic E-state index is 12.8. The number of hydrogen-bond acceptors (Lipinski definition) is 3. The molecule has 23 heavy (non-hydrogen) atoms. The van der Waals surface area contributed by atoms with Crippen molar-refractivity contribution in [3.8, 4) is 0 Å². The zero-order valence-corrected chi connectivity index (χ0v) is 14.1. The van der Waals surface area contributed by atoms with E-state index in [9.17, 15) is 9.59 Å². The van der Waals surface area contributed by atoms with Crippen LogP contribution in [0.15, 0.2) is 12.1 Å². The molecule has 1 aromatic rings. The minimum atomic E-state index is 0. The number of halogens is 1. The standard InChI is InChI=1S/C18H22N2O2.ClH/c21-17-6-5-13-9-12-3-4-14(11-20-7-1-2-8-20)18(22)15(12)10-16(13)19-17;/h9-10,14H,1-8,11H2,(H,19,21);1H. The van der Waals surface area contributed by atoms with Crippen LogP contribution in [0, 0.1) is 5.92 Å². The number of aryl methyl sites for hydroxylation is 2. The van der Waals surface area contributed by atoms with Crippen molar-refractivity contribution >= 4 is 29.8 Å². The second-order valence-corrected chi connectivity index (χ2v) is 6.82. The Kier molecular flexibility index (Phi) is 4.74. The van der Waals surface area contributed by atoms with Gasteiger partial charge in [-0.2, -0.15) is 0 Å². The highest BCUT2D eigenvalue weighted by Gasteiger charge is 2.31. The topological polar surface area (TPSA) is 49.4 Å². The molecule has 2 heterocycles. The van der Waals surface area contributed by atoms with Crippen molar-refractivity contribution in [1.82, 2.24) is 4.90 Å². The number of nitrogens with zero attached hydrogens (tertiary/aromatic N) is 1. The van der Waals surface area contributed by atoms with Crippen LogP contribution in [0.4, 0.5) is 5.69 Å². The molecule has 1 aromatic carbocycles. The molecule has 4 rings (SSSR count). The van der Waals surface area contributed by atoms with E-state index in [4.69, 9.17) is 0 Å². The van der Waals surface area contributed by atoms with Gasteiger partial charge in [-0.25, -0.2) is 0 Å². The molecule has 1 N–H and O–H groups in total. The highest BCUT2D eigenvalue weighted by molar-refractivity contribution is 6.03. The normalized spacial score (nSPS) is 23.7. The Balaban J connectivity index is 0.00000156. The summed E-state index contributed by atoms with van der Waals surface area (Å²) in [5, 5.41) is 2.92. The van der Waals surface area contributed by atoms with E-state index >= 15 is 0 Å². The van der Waals surface area contributed by atoms with Gasteiger partial charge in [0.15, 0.2) is 5.78 Å². The number of amides is 1. The number of Topliss-reactive ketones (excluding diaryl/α,β-unsaturated/α-hetero) is 1. The highest BCUT2D eigenvalue weighted by Crippen LogP contribution is 2.33. The van der Waals surface area contributed by atoms with Gasteiger partial charge in [0.05, 0.1) is 0 Å². The Labute approximate surface area is 143 Å². The number of benzene rings is 1. The largest absolute Gasteiger partial charge is 0.326 e. The summed E-state index contributed by atoms with van der Waals surface area (Å²) in [7, 11) is 0. The molecule has 0 bridgehead atoms. The molecule has 5 heteroatoms. The maximum absolute atomic E-state index is 12.8. The minimum Gasteiger partial charge on any atom is -0.326 e. The zero-order chi connectivity index (χ0) is 15.1. The van der Waals surface area contributed by atoms with E-state index in [1.807, 2.05) is 6.07 Å². The summed E-state index contributed by atoms with van der Waals surface area (Å²) in [5.74, 6) is 0.461. The molecule has 0 aromatic heterocycles. The molecular weight excluding hydrogens is 312 g/mol. The van der Waals surface area contributed by atoms with Gasteiger partial charge in [-0.3, -0.25) is 9.59 Å². The van der Waals surface area contributed by atoms with Crippen LogP contribution in [0.1, 0.15) is 47.2 Å². The first-order valence-corrected chi connectivity index (χ1v) is 8.43. The first-order chi connectivity index (χ1) is 10.7. The first kappa shape index (κ1) is 16.5. The van der Waals surface area contributed by atoms with E-state index in [0.29, 0.717) is 6.42 Å². The molecule has 1 aliphatic carbocycles. The summed E-state index contributed by atoms with van der Waals surface area (Å²) >= 11 is 0. The molecule has 0 spiro atoms. The lowest BCUT2D eigenvalue weighted by Crippen LogP contribution is -2.34. The van der Waals surface area contributed by atoms with Gasteiger partial charge in [-0.1, -0.05) is 6.07 Å². The monoisotopic (exact) mass is 334 g/mol. The van der Waals surface area contributed by atoms with Crippen LogP contribution in [-0.2, 0) is 17.6 Å². The fourth-order valence-corrected chi connectivity index (χ4v) is 4.05. The molecule has 1 atom stereocenters. The Bertz CT molecular complexity index is 638. The van der Waals surface area contributed by atoms with Crippen molar-refractivity contribution in [3.63, 3.8) is 0 Å². The molecule has 1 fully saturated rings. The van der Waals surface area contributed by atoms with Gasteiger partial charge in [-0.05, 0) is 62.4 Å². The van der Waals surface area contributed by atoms with Crippen LogP contribution in [-0.4, -0.2) is 36.2 Å². The number of rotatable bonds is 2. The third-order valence-corrected chi connectivity index (χ3v) is 5.30. The molecule has 4 nitrogen and oxygen atoms in total. The summed E-state index contributed by atoms with van der Waals surface area (Å²) in [6.45, 7) is 3.18. The van der Waals surface area contributed by atoms with Crippen LogP contribution < -0.4 is 5.32 Å². The fourth-order valence-electron chi connectivity index (χ4n) is 4.05. The smallest absolute Gasteiger partial charge is 0.224 e. The summed E-state index contributed by atoms with van der Waals surface area (Å²) in [4.78, 5) is 26.8. The maximum Gasteiger partial charge on any atom is 0.224 e. The Morgan fingerprint density at radius 2 is 1.83 bits per heavy atom. The van der Waals surface area contributed by atoms with Crippen LogP contribution >= 0.6 is 12.4 Å². The van der Waals surface area contributed by atoms with Gasteiger partial charge >= 0.3 is 0 Å². The van der Waals surface area contributed by atoms with E-state index in [1.54, 1.807) is 0 Å². The van der Waals surface area contributed by atoms with Crippen LogP contribution in [0.25, 0.3) is 0 Å². The second kappa shape index (κ2) is 6.62. The SMILES string of the molecule is Cl.O=C1CCc2cc3c(cc2N1)C(=O)C(CN1CCCC1)CC3. The molecule has 0 radical (unpaired) electrons. The predicted molar refractivity (Wildman–Crippen MR) is 92.5 cm³/mol. The molecule has 0 saturated carbocycles. The number of hydrogen-bond donors (Lipinski definition) is 1. The number of ketones is 1. The summed E-state index contributed by atoms with van der Waals surface area (Å²) < 4.78 is 0. The average Bonchev–Trinajstić information content (AvgIpc) is 3.02. The first-order valence-electron chi connectivity index (χ1n) is 8.43. The number of fused-ring (bicyclic) bond motifs is 2. The van der Waals surface area contributed by atoms with Crippen molar-refractivity contribution in [2.75, 3.05) is 25.0 Å². The zero-order valence-electron chi connectivity index (χ0n) is 13.3. The van der Waals surface area contributed by atoms with Gasteiger partial charge in [0.25, 0.3) is 0 Å². The highest BCUT2D eigenvalue weighted by atomic mass is 35.5. The molecule has 1 amide bonds. The summed E-state index contributed by atoms with van der Waals surface area (Å²) in [6.07, 6.45) is 5.82. The molecule has 3 aliphatic rings. The predicted octanol–water partition coefficient (Wildman–Crippen LogP) is 2.83. The van der Waals surface area contributed by atoms with Gasteiger partial charge in [0.2, 0.25) is 5.91 Å². The Morgan fingerprint density at radius 3 is 2.61 bits per heavy atom. The Hall–Kier alpha value is -1.39. The number of anilines is 1. The van der Waals surface area contributed by atoms with E-state index < -0.39 is 0 Å². The summed E-state index contributed by atoms with van der Waals surface area (Å²) in [5.41, 5.74) is 4.06. The lowest BCUT2D eigenvalue weighted by atomic mass is 9.80. The molecular formula is C18H23ClN2O2.